The van der Waals surface area contributed by atoms with Crippen LogP contribution in [-0.4, -0.2) is 126 Å². The Hall–Kier alpha value is -10.2. The lowest BCUT2D eigenvalue weighted by molar-refractivity contribution is -0.138. The number of imide groups is 6. The van der Waals surface area contributed by atoms with Crippen LogP contribution in [0.1, 0.15) is 230 Å². The second-order valence-corrected chi connectivity index (χ2v) is 28.3. The number of benzene rings is 4. The Bertz CT molecular complexity index is 4130. The summed E-state index contributed by atoms with van der Waals surface area (Å²) in [6.07, 6.45) is 1.83. The summed E-state index contributed by atoms with van der Waals surface area (Å²) in [5.41, 5.74) is 6.78. The van der Waals surface area contributed by atoms with E-state index in [-0.39, 0.29) is 107 Å². The van der Waals surface area contributed by atoms with Crippen molar-refractivity contribution in [3.05, 3.63) is 140 Å². The van der Waals surface area contributed by atoms with Crippen LogP contribution in [0.4, 0.5) is 0 Å². The zero-order valence-corrected chi connectivity index (χ0v) is 54.8. The first-order valence-corrected chi connectivity index (χ1v) is 31.2. The number of carbonyl (C=O) groups excluding carboxylic acids is 14. The molecule has 8 aliphatic rings. The first-order valence-electron chi connectivity index (χ1n) is 31.2. The number of nitrogens with one attached hydrogen (secondary N) is 4. The molecule has 4 N–H and O–H groups in total. The number of carbonyl (C=O) groups is 14. The maximum atomic E-state index is 12.9. The molecule has 4 fully saturated rings. The fourth-order valence-corrected chi connectivity index (χ4v) is 12.3. The molecule has 4 aromatic rings. The van der Waals surface area contributed by atoms with E-state index >= 15 is 0 Å². The van der Waals surface area contributed by atoms with E-state index < -0.39 is 71.4 Å². The van der Waals surface area contributed by atoms with Crippen molar-refractivity contribution in [1.29, 1.82) is 0 Å². The number of amides is 14. The van der Waals surface area contributed by atoms with E-state index in [0.29, 0.717) is 53.7 Å². The second-order valence-electron chi connectivity index (χ2n) is 28.3. The molecule has 94 heavy (non-hydrogen) atoms. The van der Waals surface area contributed by atoms with E-state index in [1.807, 2.05) is 98.7 Å². The maximum absolute atomic E-state index is 12.9. The monoisotopic (exact) mass is 1280 g/mol. The quantitative estimate of drug-likeness (QED) is 0.126. The highest BCUT2D eigenvalue weighted by atomic mass is 16.2. The molecule has 488 valence electrons. The molecule has 8 heterocycles. The van der Waals surface area contributed by atoms with Crippen LogP contribution < -0.4 is 21.3 Å². The second kappa shape index (κ2) is 26.1. The number of rotatable bonds is 4. The van der Waals surface area contributed by atoms with Crippen LogP contribution in [0.5, 0.6) is 0 Å². The average Bonchev–Trinajstić information content (AvgIpc) is 1.62. The molecule has 0 bridgehead atoms. The van der Waals surface area contributed by atoms with Gasteiger partial charge in [-0.25, -0.2) is 0 Å². The van der Waals surface area contributed by atoms with E-state index in [0.717, 1.165) is 37.6 Å². The third kappa shape index (κ3) is 14.2. The molecule has 4 aromatic carbocycles. The van der Waals surface area contributed by atoms with Gasteiger partial charge in [0.15, 0.2) is 0 Å². The fraction of sp³-hybridized carbons (Fsp3) is 0.417. The summed E-state index contributed by atoms with van der Waals surface area (Å²) in [4.78, 5) is 175. The predicted octanol–water partition coefficient (Wildman–Crippen LogP) is 6.46. The van der Waals surface area contributed by atoms with Gasteiger partial charge in [-0.15, -0.1) is 0 Å². The lowest BCUT2D eigenvalue weighted by Gasteiger charge is -2.29. The third-order valence-electron chi connectivity index (χ3n) is 16.9. The topological polar surface area (TPSA) is 300 Å². The molecule has 4 saturated heterocycles. The van der Waals surface area contributed by atoms with Gasteiger partial charge in [-0.3, -0.25) is 98.2 Å². The van der Waals surface area contributed by atoms with Crippen LogP contribution in [0.15, 0.2) is 72.8 Å². The highest BCUT2D eigenvalue weighted by Gasteiger charge is 2.49. The fourth-order valence-electron chi connectivity index (χ4n) is 12.3. The lowest BCUT2D eigenvalue weighted by atomic mass is 9.82. The van der Waals surface area contributed by atoms with Crippen molar-refractivity contribution < 1.29 is 67.1 Å². The van der Waals surface area contributed by atoms with E-state index in [1.54, 1.807) is 46.2 Å². The minimum Gasteiger partial charge on any atom is -0.322 e. The zero-order valence-electron chi connectivity index (χ0n) is 54.8. The Kier molecular flexibility index (Phi) is 18.9. The number of piperidine rings is 4. The first-order chi connectivity index (χ1) is 43.9. The molecular formula is C72H76N8O14. The van der Waals surface area contributed by atoms with Crippen molar-refractivity contribution in [2.75, 3.05) is 0 Å². The molecular weight excluding hydrogens is 1200 g/mol. The highest BCUT2D eigenvalue weighted by Crippen LogP contribution is 2.38. The van der Waals surface area contributed by atoms with Crippen LogP contribution in [0.3, 0.4) is 0 Å². The van der Waals surface area contributed by atoms with Gasteiger partial charge in [-0.05, 0) is 137 Å². The molecule has 0 spiro atoms. The summed E-state index contributed by atoms with van der Waals surface area (Å²) in [7, 11) is 0. The summed E-state index contributed by atoms with van der Waals surface area (Å²) in [6, 6.07) is 18.3. The standard InChI is InChI=1S/C19H18N2O4.C19H20N2O3.C17H18N2O4.C17H20N2O3/c1-19(2,3)10-9-11-5-4-6-12-15(11)18(25)21(17(12)24)13-7-8-14(22)20-16(13)23;1-19(2,3)10-9-12-5-4-6-13-14(12)11-21(18(13)24)15-7-8-16(22)20-17(15)23;1-17(2,3)10-6-4-5-9-13(10)16(23)19(15(9)22)11-7-8-12(20)18-14(11)21;1-17(2,3)12-6-4-5-10-11(12)9-19(16(10)22)13-7-8-14(20)18-15(13)21/h4-6,13H,7-8H2,1-3H3,(H,20,22,23);4-6,15H,7-8,11H2,1-3H3,(H,20,22,23);4-6,11H,7-8H2,1-3H3,(H,18,20,21);4-6,13H,7-9H2,1-3H3,(H,18,20,21). The SMILES string of the molecule is CC(C)(C)C#Cc1cccc2c1C(=O)N(C1CCC(=O)NC1=O)C2=O.CC(C)(C)C#Cc1cccc2c1CN(C1CCC(=O)NC1=O)C2=O.CC(C)(C)c1cccc2c1C(=O)N(C1CCC(=O)NC1=O)C2=O.CC(C)(C)c1cccc2c1CN(C1CCC(=O)NC1=O)C2=O. The van der Waals surface area contributed by atoms with E-state index in [2.05, 4.69) is 65.7 Å². The average molecular weight is 1280 g/mol. The van der Waals surface area contributed by atoms with Gasteiger partial charge in [0.1, 0.15) is 24.2 Å². The van der Waals surface area contributed by atoms with Crippen LogP contribution in [-0.2, 0) is 62.3 Å². The summed E-state index contributed by atoms with van der Waals surface area (Å²) >= 11 is 0. The smallest absolute Gasteiger partial charge is 0.263 e. The van der Waals surface area contributed by atoms with Gasteiger partial charge >= 0.3 is 0 Å². The van der Waals surface area contributed by atoms with E-state index in [1.165, 1.54) is 0 Å². The molecule has 0 saturated carbocycles. The lowest BCUT2D eigenvalue weighted by Crippen LogP contribution is -2.54. The van der Waals surface area contributed by atoms with Gasteiger partial charge in [-0.1, -0.05) is 102 Å². The summed E-state index contributed by atoms with van der Waals surface area (Å²) < 4.78 is 0. The molecule has 22 heteroatoms. The van der Waals surface area contributed by atoms with Crippen molar-refractivity contribution >= 4 is 82.7 Å². The molecule has 22 nitrogen and oxygen atoms in total. The van der Waals surface area contributed by atoms with Crippen molar-refractivity contribution in [1.82, 2.24) is 40.9 Å². The molecule has 0 aliphatic carbocycles. The Morgan fingerprint density at radius 3 is 1.09 bits per heavy atom. The maximum Gasteiger partial charge on any atom is 0.263 e. The zero-order chi connectivity index (χ0) is 68.8. The van der Waals surface area contributed by atoms with Gasteiger partial charge in [0.25, 0.3) is 35.4 Å². The van der Waals surface area contributed by atoms with Crippen LogP contribution >= 0.6 is 0 Å². The van der Waals surface area contributed by atoms with Gasteiger partial charge < -0.3 is 9.80 Å². The highest BCUT2D eigenvalue weighted by molar-refractivity contribution is 6.25. The van der Waals surface area contributed by atoms with Crippen molar-refractivity contribution in [2.45, 2.75) is 183 Å². The van der Waals surface area contributed by atoms with E-state index in [4.69, 9.17) is 0 Å². The molecule has 8 aliphatic heterocycles. The summed E-state index contributed by atoms with van der Waals surface area (Å²) in [5, 5.41) is 9.02. The normalized spacial score (nSPS) is 20.9. The Morgan fingerprint density at radius 2 is 0.681 bits per heavy atom. The summed E-state index contributed by atoms with van der Waals surface area (Å²) in [5.74, 6) is 6.84. The third-order valence-corrected chi connectivity index (χ3v) is 16.9. The van der Waals surface area contributed by atoms with Crippen molar-refractivity contribution in [3.63, 3.8) is 0 Å². The van der Waals surface area contributed by atoms with Gasteiger partial charge in [0.2, 0.25) is 47.3 Å². The molecule has 4 atom stereocenters. The van der Waals surface area contributed by atoms with Gasteiger partial charge in [-0.2, -0.15) is 0 Å². The van der Waals surface area contributed by atoms with Crippen molar-refractivity contribution in [2.24, 2.45) is 10.8 Å². The Morgan fingerprint density at radius 1 is 0.351 bits per heavy atom. The minimum atomic E-state index is -0.964. The number of hydrogen-bond acceptors (Lipinski definition) is 14. The summed E-state index contributed by atoms with van der Waals surface area (Å²) in [6.45, 7) is 25.0. The molecule has 14 amide bonds. The molecule has 12 rings (SSSR count). The number of hydrogen-bond donors (Lipinski definition) is 4. The van der Waals surface area contributed by atoms with Gasteiger partial charge in [0, 0.05) is 71.9 Å². The van der Waals surface area contributed by atoms with Gasteiger partial charge in [0.05, 0.1) is 22.3 Å². The number of fused-ring (bicyclic) bond motifs is 4. The predicted molar refractivity (Wildman–Crippen MR) is 341 cm³/mol. The molecule has 0 radical (unpaired) electrons. The van der Waals surface area contributed by atoms with Crippen LogP contribution in [0.2, 0.25) is 0 Å². The first kappa shape index (κ1) is 68.2. The molecule has 0 aromatic heterocycles. The van der Waals surface area contributed by atoms with Crippen LogP contribution in [0.25, 0.3) is 0 Å². The van der Waals surface area contributed by atoms with Crippen LogP contribution in [0, 0.1) is 34.5 Å². The largest absolute Gasteiger partial charge is 0.322 e. The minimum absolute atomic E-state index is 0.0631. The van der Waals surface area contributed by atoms with E-state index in [9.17, 15) is 67.1 Å². The number of nitrogens with zero attached hydrogens (tertiary/aromatic N) is 4. The Labute approximate surface area is 545 Å². The Balaban J connectivity index is 0.000000148. The molecule has 4 unspecified atom stereocenters. The van der Waals surface area contributed by atoms with Crippen molar-refractivity contribution in [3.8, 4) is 23.7 Å².